The molecule has 0 saturated carbocycles. The van der Waals surface area contributed by atoms with Crippen molar-refractivity contribution in [1.82, 2.24) is 15.2 Å². The first-order valence-corrected chi connectivity index (χ1v) is 8.78. The fraction of sp³-hybridized carbons (Fsp3) is 0.474. The highest BCUT2D eigenvalue weighted by molar-refractivity contribution is 5.89. The van der Waals surface area contributed by atoms with E-state index in [4.69, 9.17) is 4.74 Å². The van der Waals surface area contributed by atoms with Crippen molar-refractivity contribution >= 4 is 22.7 Å². The van der Waals surface area contributed by atoms with Crippen LogP contribution in [0.5, 0.6) is 0 Å². The van der Waals surface area contributed by atoms with Gasteiger partial charge in [-0.2, -0.15) is 0 Å². The molecule has 1 aliphatic rings. The first-order valence-electron chi connectivity index (χ1n) is 8.78. The summed E-state index contributed by atoms with van der Waals surface area (Å²) in [6.07, 6.45) is 3.88. The van der Waals surface area contributed by atoms with Crippen molar-refractivity contribution in [2.75, 3.05) is 33.4 Å². The number of aromatic amines is 1. The molecule has 0 bridgehead atoms. The van der Waals surface area contributed by atoms with Crippen LogP contribution in [0, 0.1) is 5.92 Å². The van der Waals surface area contributed by atoms with Gasteiger partial charge in [0.05, 0.1) is 5.92 Å². The zero-order valence-corrected chi connectivity index (χ0v) is 14.6. The Morgan fingerprint density at radius 2 is 2.24 bits per heavy atom. The number of ether oxygens (including phenoxy) is 1. The van der Waals surface area contributed by atoms with E-state index in [1.165, 1.54) is 10.9 Å². The molecule has 134 valence electrons. The Morgan fingerprint density at radius 1 is 1.40 bits per heavy atom. The average molecular weight is 343 g/mol. The third kappa shape index (κ3) is 4.20. The lowest BCUT2D eigenvalue weighted by Crippen LogP contribution is -2.34. The number of rotatable bonds is 8. The highest BCUT2D eigenvalue weighted by Crippen LogP contribution is 2.19. The monoisotopic (exact) mass is 343 g/mol. The lowest BCUT2D eigenvalue weighted by Gasteiger charge is -2.16. The van der Waals surface area contributed by atoms with Gasteiger partial charge in [-0.05, 0) is 24.5 Å². The molecule has 1 aromatic carbocycles. The lowest BCUT2D eigenvalue weighted by molar-refractivity contribution is -0.129. The minimum absolute atomic E-state index is 0.0255. The number of methoxy groups -OCH3 is 1. The summed E-state index contributed by atoms with van der Waals surface area (Å²) in [5.41, 5.74) is 2.30. The van der Waals surface area contributed by atoms with E-state index < -0.39 is 0 Å². The van der Waals surface area contributed by atoms with Crippen LogP contribution < -0.4 is 5.32 Å². The average Bonchev–Trinajstić information content (AvgIpc) is 3.19. The Hall–Kier alpha value is -2.34. The molecule has 6 nitrogen and oxygen atoms in total. The van der Waals surface area contributed by atoms with Crippen LogP contribution in [-0.2, 0) is 20.7 Å². The molecule has 0 radical (unpaired) electrons. The zero-order chi connectivity index (χ0) is 17.6. The van der Waals surface area contributed by atoms with Gasteiger partial charge in [-0.15, -0.1) is 0 Å². The van der Waals surface area contributed by atoms with E-state index in [0.717, 1.165) is 18.4 Å². The van der Waals surface area contributed by atoms with Crippen LogP contribution in [-0.4, -0.2) is 55.0 Å². The maximum Gasteiger partial charge on any atom is 0.225 e. The molecule has 1 unspecified atom stereocenters. The second-order valence-electron chi connectivity index (χ2n) is 6.49. The number of amides is 2. The Kier molecular flexibility index (Phi) is 5.71. The Bertz CT molecular complexity index is 740. The first-order chi connectivity index (χ1) is 12.2. The van der Waals surface area contributed by atoms with E-state index >= 15 is 0 Å². The quantitative estimate of drug-likeness (QED) is 0.717. The number of benzene rings is 1. The van der Waals surface area contributed by atoms with Gasteiger partial charge in [-0.3, -0.25) is 9.59 Å². The molecule has 2 N–H and O–H groups in total. The van der Waals surface area contributed by atoms with Gasteiger partial charge < -0.3 is 19.9 Å². The number of aromatic nitrogens is 1. The number of H-pyrrole nitrogens is 1. The normalized spacial score (nSPS) is 17.4. The van der Waals surface area contributed by atoms with Gasteiger partial charge in [-0.1, -0.05) is 18.2 Å². The molecule has 6 heteroatoms. The number of hydrogen-bond donors (Lipinski definition) is 2. The van der Waals surface area contributed by atoms with E-state index in [1.54, 1.807) is 12.0 Å². The topological polar surface area (TPSA) is 74.4 Å². The van der Waals surface area contributed by atoms with Gasteiger partial charge in [0.2, 0.25) is 11.8 Å². The van der Waals surface area contributed by atoms with Crippen LogP contribution in [0.3, 0.4) is 0 Å². The summed E-state index contributed by atoms with van der Waals surface area (Å²) in [6.45, 7) is 2.38. The van der Waals surface area contributed by atoms with Crippen molar-refractivity contribution < 1.29 is 14.3 Å². The van der Waals surface area contributed by atoms with Crippen molar-refractivity contribution in [2.24, 2.45) is 5.92 Å². The smallest absolute Gasteiger partial charge is 0.225 e. The van der Waals surface area contributed by atoms with Crippen molar-refractivity contribution in [1.29, 1.82) is 0 Å². The molecular formula is C19H25N3O3. The second kappa shape index (κ2) is 8.16. The van der Waals surface area contributed by atoms with Crippen molar-refractivity contribution in [3.8, 4) is 0 Å². The molecule has 1 atom stereocenters. The van der Waals surface area contributed by atoms with E-state index in [-0.39, 0.29) is 17.7 Å². The molecule has 1 saturated heterocycles. The van der Waals surface area contributed by atoms with Crippen LogP contribution in [0.4, 0.5) is 0 Å². The highest BCUT2D eigenvalue weighted by Gasteiger charge is 2.33. The number of hydrogen-bond acceptors (Lipinski definition) is 3. The molecule has 0 spiro atoms. The molecule has 0 aliphatic carbocycles. The molecule has 2 amide bonds. The summed E-state index contributed by atoms with van der Waals surface area (Å²) >= 11 is 0. The fourth-order valence-corrected chi connectivity index (χ4v) is 3.37. The molecule has 2 heterocycles. The van der Waals surface area contributed by atoms with Crippen molar-refractivity contribution in [3.05, 3.63) is 36.0 Å². The Morgan fingerprint density at radius 3 is 3.08 bits per heavy atom. The molecule has 3 rings (SSSR count). The van der Waals surface area contributed by atoms with Gasteiger partial charge in [0.15, 0.2) is 0 Å². The minimum atomic E-state index is -0.238. The van der Waals surface area contributed by atoms with Gasteiger partial charge in [-0.25, -0.2) is 0 Å². The zero-order valence-electron chi connectivity index (χ0n) is 14.6. The predicted molar refractivity (Wildman–Crippen MR) is 96.2 cm³/mol. The van der Waals surface area contributed by atoms with Crippen LogP contribution in [0.2, 0.25) is 0 Å². The molecule has 1 aliphatic heterocycles. The van der Waals surface area contributed by atoms with Crippen LogP contribution >= 0.6 is 0 Å². The summed E-state index contributed by atoms with van der Waals surface area (Å²) in [7, 11) is 1.65. The molecule has 1 aromatic heterocycles. The molecule has 2 aromatic rings. The molecule has 1 fully saturated rings. The minimum Gasteiger partial charge on any atom is -0.385 e. The Labute approximate surface area is 147 Å². The number of fused-ring (bicyclic) bond motifs is 1. The summed E-state index contributed by atoms with van der Waals surface area (Å²) in [6, 6.07) is 8.14. The third-order valence-electron chi connectivity index (χ3n) is 4.73. The summed E-state index contributed by atoms with van der Waals surface area (Å²) in [4.78, 5) is 29.3. The lowest BCUT2D eigenvalue weighted by atomic mass is 10.1. The van der Waals surface area contributed by atoms with Gasteiger partial charge in [0.25, 0.3) is 0 Å². The summed E-state index contributed by atoms with van der Waals surface area (Å²) < 4.78 is 5.01. The van der Waals surface area contributed by atoms with Gasteiger partial charge >= 0.3 is 0 Å². The van der Waals surface area contributed by atoms with Crippen molar-refractivity contribution in [3.63, 3.8) is 0 Å². The number of carbonyl (C=O) groups excluding carboxylic acids is 2. The number of nitrogens with zero attached hydrogens (tertiary/aromatic N) is 1. The fourth-order valence-electron chi connectivity index (χ4n) is 3.37. The van der Waals surface area contributed by atoms with E-state index in [9.17, 15) is 9.59 Å². The number of nitrogens with one attached hydrogen (secondary N) is 2. The van der Waals surface area contributed by atoms with Crippen LogP contribution in [0.1, 0.15) is 18.4 Å². The number of likely N-dealkylation sites (tertiary alicyclic amines) is 1. The predicted octanol–water partition coefficient (Wildman–Crippen LogP) is 1.71. The van der Waals surface area contributed by atoms with E-state index in [2.05, 4.69) is 16.4 Å². The summed E-state index contributed by atoms with van der Waals surface area (Å²) in [5, 5.41) is 4.17. The SMILES string of the molecule is COCCCN1CC(C(=O)NCCc2c[nH]c3ccccc23)CC1=O. The van der Waals surface area contributed by atoms with E-state index in [1.807, 2.05) is 24.4 Å². The van der Waals surface area contributed by atoms with Crippen LogP contribution in [0.15, 0.2) is 30.5 Å². The first kappa shape index (κ1) is 17.5. The second-order valence-corrected chi connectivity index (χ2v) is 6.49. The molecule has 25 heavy (non-hydrogen) atoms. The maximum absolute atomic E-state index is 12.3. The Balaban J connectivity index is 1.46. The number of para-hydroxylation sites is 1. The van der Waals surface area contributed by atoms with Crippen molar-refractivity contribution in [2.45, 2.75) is 19.3 Å². The number of carbonyl (C=O) groups is 2. The van der Waals surface area contributed by atoms with Crippen LogP contribution in [0.25, 0.3) is 10.9 Å². The summed E-state index contributed by atoms with van der Waals surface area (Å²) in [5.74, 6) is -0.201. The highest BCUT2D eigenvalue weighted by atomic mass is 16.5. The molecular weight excluding hydrogens is 318 g/mol. The standard InChI is InChI=1S/C19H25N3O3/c1-25-10-4-9-22-13-15(11-18(22)23)19(24)20-8-7-14-12-21-17-6-3-2-5-16(14)17/h2-3,5-6,12,15,21H,4,7-11,13H2,1H3,(H,20,24). The largest absolute Gasteiger partial charge is 0.385 e. The third-order valence-corrected chi connectivity index (χ3v) is 4.73. The van der Waals surface area contributed by atoms with Gasteiger partial charge in [0, 0.05) is 56.9 Å². The van der Waals surface area contributed by atoms with E-state index in [0.29, 0.717) is 32.7 Å². The van der Waals surface area contributed by atoms with Gasteiger partial charge in [0.1, 0.15) is 0 Å². The maximum atomic E-state index is 12.3.